The van der Waals surface area contributed by atoms with Gasteiger partial charge in [-0.2, -0.15) is 0 Å². The van der Waals surface area contributed by atoms with Gasteiger partial charge in [0, 0.05) is 11.7 Å². The van der Waals surface area contributed by atoms with Crippen LogP contribution in [0.2, 0.25) is 0 Å². The number of rotatable bonds is 5. The van der Waals surface area contributed by atoms with Crippen LogP contribution in [0.4, 0.5) is 5.69 Å². The SMILES string of the molecule is CCOc1ccccc1NC(=O)c1nc(C(=O)NC(C)(C)C)n2ccccc12. The number of carbonyl (C=O) groups excluding carboxylic acids is 2. The average molecular weight is 380 g/mol. The number of aromatic nitrogens is 2. The molecular formula is C21H24N4O3. The maximum absolute atomic E-state index is 12.9. The number of hydrogen-bond donors (Lipinski definition) is 2. The van der Waals surface area contributed by atoms with Crippen molar-refractivity contribution < 1.29 is 14.3 Å². The lowest BCUT2D eigenvalue weighted by atomic mass is 10.1. The van der Waals surface area contributed by atoms with E-state index >= 15 is 0 Å². The van der Waals surface area contributed by atoms with E-state index in [1.807, 2.05) is 39.8 Å². The van der Waals surface area contributed by atoms with Crippen molar-refractivity contribution in [3.8, 4) is 5.75 Å². The zero-order valence-electron chi connectivity index (χ0n) is 16.4. The molecular weight excluding hydrogens is 356 g/mol. The first-order valence-electron chi connectivity index (χ1n) is 9.13. The summed E-state index contributed by atoms with van der Waals surface area (Å²) in [4.78, 5) is 29.9. The summed E-state index contributed by atoms with van der Waals surface area (Å²) in [6.45, 7) is 8.02. The van der Waals surface area contributed by atoms with E-state index in [9.17, 15) is 9.59 Å². The molecule has 0 aliphatic carbocycles. The van der Waals surface area contributed by atoms with E-state index in [2.05, 4.69) is 15.6 Å². The van der Waals surface area contributed by atoms with E-state index in [4.69, 9.17) is 4.74 Å². The molecule has 2 amide bonds. The van der Waals surface area contributed by atoms with Crippen LogP contribution in [0.5, 0.6) is 5.75 Å². The van der Waals surface area contributed by atoms with E-state index < -0.39 is 11.4 Å². The molecule has 0 bridgehead atoms. The van der Waals surface area contributed by atoms with Gasteiger partial charge >= 0.3 is 0 Å². The molecule has 2 heterocycles. The van der Waals surface area contributed by atoms with Crippen LogP contribution in [-0.4, -0.2) is 33.3 Å². The molecule has 0 saturated carbocycles. The van der Waals surface area contributed by atoms with Crippen LogP contribution in [0.1, 0.15) is 48.8 Å². The third-order valence-corrected chi connectivity index (χ3v) is 3.89. The molecule has 0 saturated heterocycles. The van der Waals surface area contributed by atoms with Gasteiger partial charge in [-0.1, -0.05) is 18.2 Å². The summed E-state index contributed by atoms with van der Waals surface area (Å²) >= 11 is 0. The predicted octanol–water partition coefficient (Wildman–Crippen LogP) is 3.51. The molecule has 28 heavy (non-hydrogen) atoms. The van der Waals surface area contributed by atoms with Crippen molar-refractivity contribution in [3.63, 3.8) is 0 Å². The molecule has 0 unspecified atom stereocenters. The summed E-state index contributed by atoms with van der Waals surface area (Å²) in [5, 5.41) is 5.71. The number of benzene rings is 1. The van der Waals surface area contributed by atoms with Crippen molar-refractivity contribution in [2.24, 2.45) is 0 Å². The highest BCUT2D eigenvalue weighted by molar-refractivity contribution is 6.09. The Balaban J connectivity index is 1.97. The van der Waals surface area contributed by atoms with Gasteiger partial charge in [-0.3, -0.25) is 14.0 Å². The molecule has 2 aromatic heterocycles. The smallest absolute Gasteiger partial charge is 0.288 e. The highest BCUT2D eigenvalue weighted by Gasteiger charge is 2.24. The van der Waals surface area contributed by atoms with E-state index in [-0.39, 0.29) is 17.4 Å². The Hall–Kier alpha value is -3.35. The molecule has 7 heteroatoms. The highest BCUT2D eigenvalue weighted by Crippen LogP contribution is 2.25. The molecule has 1 aromatic carbocycles. The molecule has 2 N–H and O–H groups in total. The Bertz CT molecular complexity index is 1020. The lowest BCUT2D eigenvalue weighted by Crippen LogP contribution is -2.41. The largest absolute Gasteiger partial charge is 0.492 e. The van der Waals surface area contributed by atoms with Gasteiger partial charge in [0.05, 0.1) is 17.8 Å². The fourth-order valence-electron chi connectivity index (χ4n) is 2.79. The number of ether oxygens (including phenoxy) is 1. The van der Waals surface area contributed by atoms with Crippen molar-refractivity contribution in [3.05, 3.63) is 60.2 Å². The van der Waals surface area contributed by atoms with Crippen LogP contribution in [0.15, 0.2) is 48.7 Å². The van der Waals surface area contributed by atoms with Gasteiger partial charge in [0.25, 0.3) is 11.8 Å². The van der Waals surface area contributed by atoms with Crippen molar-refractivity contribution in [2.45, 2.75) is 33.2 Å². The minimum Gasteiger partial charge on any atom is -0.492 e. The van der Waals surface area contributed by atoms with Crippen molar-refractivity contribution in [1.29, 1.82) is 0 Å². The van der Waals surface area contributed by atoms with Crippen LogP contribution in [0, 0.1) is 0 Å². The summed E-state index contributed by atoms with van der Waals surface area (Å²) in [5.41, 5.74) is 0.849. The van der Waals surface area contributed by atoms with Gasteiger partial charge in [0.15, 0.2) is 5.69 Å². The molecule has 0 spiro atoms. The molecule has 0 fully saturated rings. The van der Waals surface area contributed by atoms with Crippen LogP contribution >= 0.6 is 0 Å². The topological polar surface area (TPSA) is 84.7 Å². The lowest BCUT2D eigenvalue weighted by molar-refractivity contribution is 0.0908. The summed E-state index contributed by atoms with van der Waals surface area (Å²) in [7, 11) is 0. The molecule has 3 aromatic rings. The summed E-state index contributed by atoms with van der Waals surface area (Å²) in [5.74, 6) is -0.0190. The number of para-hydroxylation sites is 2. The molecule has 0 aliphatic rings. The Morgan fingerprint density at radius 1 is 1.07 bits per heavy atom. The van der Waals surface area contributed by atoms with E-state index in [1.54, 1.807) is 40.9 Å². The van der Waals surface area contributed by atoms with Gasteiger partial charge < -0.3 is 15.4 Å². The first-order chi connectivity index (χ1) is 13.3. The quantitative estimate of drug-likeness (QED) is 0.709. The van der Waals surface area contributed by atoms with Gasteiger partial charge in [-0.05, 0) is 52.0 Å². The zero-order valence-corrected chi connectivity index (χ0v) is 16.4. The third kappa shape index (κ3) is 4.14. The minimum atomic E-state index is -0.420. The van der Waals surface area contributed by atoms with E-state index in [0.29, 0.717) is 23.6 Å². The number of amides is 2. The lowest BCUT2D eigenvalue weighted by Gasteiger charge is -2.19. The maximum atomic E-state index is 12.9. The number of nitrogens with one attached hydrogen (secondary N) is 2. The summed E-state index contributed by atoms with van der Waals surface area (Å²) in [6.07, 6.45) is 1.71. The second-order valence-corrected chi connectivity index (χ2v) is 7.33. The average Bonchev–Trinajstić information content (AvgIpc) is 3.02. The molecule has 0 atom stereocenters. The Morgan fingerprint density at radius 3 is 2.50 bits per heavy atom. The Labute approximate surface area is 163 Å². The molecule has 7 nitrogen and oxygen atoms in total. The van der Waals surface area contributed by atoms with Crippen LogP contribution < -0.4 is 15.4 Å². The third-order valence-electron chi connectivity index (χ3n) is 3.89. The van der Waals surface area contributed by atoms with Crippen molar-refractivity contribution in [2.75, 3.05) is 11.9 Å². The number of pyridine rings is 1. The Kier molecular flexibility index (Phi) is 5.35. The van der Waals surface area contributed by atoms with Crippen LogP contribution in [0.25, 0.3) is 5.52 Å². The Morgan fingerprint density at radius 2 is 1.79 bits per heavy atom. The van der Waals surface area contributed by atoms with Crippen LogP contribution in [-0.2, 0) is 0 Å². The number of carbonyl (C=O) groups is 2. The van der Waals surface area contributed by atoms with E-state index in [1.165, 1.54) is 0 Å². The van der Waals surface area contributed by atoms with Gasteiger partial charge in [0.1, 0.15) is 5.75 Å². The van der Waals surface area contributed by atoms with Gasteiger partial charge in [0.2, 0.25) is 5.82 Å². The molecule has 3 rings (SSSR count). The van der Waals surface area contributed by atoms with Crippen LogP contribution in [0.3, 0.4) is 0 Å². The maximum Gasteiger partial charge on any atom is 0.288 e. The second kappa shape index (κ2) is 7.72. The first-order valence-corrected chi connectivity index (χ1v) is 9.13. The summed E-state index contributed by atoms with van der Waals surface area (Å²) < 4.78 is 7.17. The molecule has 0 radical (unpaired) electrons. The van der Waals surface area contributed by atoms with Crippen molar-refractivity contribution in [1.82, 2.24) is 14.7 Å². The number of nitrogens with zero attached hydrogens (tertiary/aromatic N) is 2. The van der Waals surface area contributed by atoms with Gasteiger partial charge in [-0.15, -0.1) is 0 Å². The minimum absolute atomic E-state index is 0.161. The molecule has 146 valence electrons. The normalized spacial score (nSPS) is 11.3. The zero-order chi connectivity index (χ0) is 20.3. The van der Waals surface area contributed by atoms with Gasteiger partial charge in [-0.25, -0.2) is 4.98 Å². The monoisotopic (exact) mass is 380 g/mol. The fourth-order valence-corrected chi connectivity index (χ4v) is 2.79. The fraction of sp³-hybridized carbons (Fsp3) is 0.286. The van der Waals surface area contributed by atoms with E-state index in [0.717, 1.165) is 0 Å². The predicted molar refractivity (Wildman–Crippen MR) is 108 cm³/mol. The molecule has 0 aliphatic heterocycles. The number of hydrogen-bond acceptors (Lipinski definition) is 4. The number of imidazole rings is 1. The second-order valence-electron chi connectivity index (χ2n) is 7.33. The standard InChI is InChI=1S/C21H24N4O3/c1-5-28-16-12-7-6-10-14(16)22-19(26)17-15-11-8-9-13-25(15)18(23-17)20(27)24-21(2,3)4/h6-13H,5H2,1-4H3,(H,22,26)(H,24,27). The number of fused-ring (bicyclic) bond motifs is 1. The highest BCUT2D eigenvalue weighted by atomic mass is 16.5. The first kappa shape index (κ1) is 19.4. The van der Waals surface area contributed by atoms with Crippen molar-refractivity contribution >= 4 is 23.0 Å². The number of anilines is 1. The summed E-state index contributed by atoms with van der Waals surface area (Å²) in [6, 6.07) is 12.5.